The molecule has 0 amide bonds. The zero-order valence-electron chi connectivity index (χ0n) is 9.71. The highest BCUT2D eigenvalue weighted by atomic mass is 35.5. The SMILES string of the molecule is CCCOc1nc(Cl)nc(Sc2ccncc2)n1. The van der Waals surface area contributed by atoms with Crippen LogP contribution in [-0.2, 0) is 0 Å². The molecule has 0 aromatic carbocycles. The highest BCUT2D eigenvalue weighted by molar-refractivity contribution is 7.99. The first-order chi connectivity index (χ1) is 8.78. The number of nitrogens with zero attached hydrogens (tertiary/aromatic N) is 4. The Hall–Kier alpha value is -1.40. The van der Waals surface area contributed by atoms with Crippen molar-refractivity contribution in [2.75, 3.05) is 6.61 Å². The maximum absolute atomic E-state index is 5.83. The lowest BCUT2D eigenvalue weighted by molar-refractivity contribution is 0.288. The molecule has 2 rings (SSSR count). The molecule has 18 heavy (non-hydrogen) atoms. The first-order valence-electron chi connectivity index (χ1n) is 5.40. The number of ether oxygens (including phenoxy) is 1. The van der Waals surface area contributed by atoms with E-state index in [1.165, 1.54) is 11.8 Å². The van der Waals surface area contributed by atoms with Crippen LogP contribution in [0.3, 0.4) is 0 Å². The summed E-state index contributed by atoms with van der Waals surface area (Å²) in [6.07, 6.45) is 4.30. The van der Waals surface area contributed by atoms with Crippen LogP contribution in [0.25, 0.3) is 0 Å². The maximum Gasteiger partial charge on any atom is 0.321 e. The van der Waals surface area contributed by atoms with E-state index in [0.29, 0.717) is 11.8 Å². The molecule has 0 aliphatic heterocycles. The fourth-order valence-electron chi connectivity index (χ4n) is 1.13. The van der Waals surface area contributed by atoms with Crippen LogP contribution >= 0.6 is 23.4 Å². The summed E-state index contributed by atoms with van der Waals surface area (Å²) in [7, 11) is 0. The van der Waals surface area contributed by atoms with Gasteiger partial charge >= 0.3 is 6.01 Å². The molecule has 0 spiro atoms. The van der Waals surface area contributed by atoms with Crippen molar-refractivity contribution < 1.29 is 4.74 Å². The molecule has 0 N–H and O–H groups in total. The summed E-state index contributed by atoms with van der Waals surface area (Å²) in [4.78, 5) is 17.1. The van der Waals surface area contributed by atoms with E-state index < -0.39 is 0 Å². The van der Waals surface area contributed by atoms with E-state index >= 15 is 0 Å². The number of halogens is 1. The third kappa shape index (κ3) is 3.82. The van der Waals surface area contributed by atoms with Gasteiger partial charge in [-0.3, -0.25) is 4.98 Å². The Bertz CT molecular complexity index is 512. The molecule has 0 aliphatic rings. The molecular formula is C11H11ClN4OS. The van der Waals surface area contributed by atoms with Crippen molar-refractivity contribution in [3.63, 3.8) is 0 Å². The van der Waals surface area contributed by atoms with Crippen LogP contribution < -0.4 is 4.74 Å². The minimum atomic E-state index is 0.132. The second kappa shape index (κ2) is 6.51. The lowest BCUT2D eigenvalue weighted by Gasteiger charge is -2.04. The first kappa shape index (κ1) is 13.0. The highest BCUT2D eigenvalue weighted by Crippen LogP contribution is 2.25. The largest absolute Gasteiger partial charge is 0.463 e. The van der Waals surface area contributed by atoms with Gasteiger partial charge in [0.1, 0.15) is 0 Å². The topological polar surface area (TPSA) is 60.8 Å². The van der Waals surface area contributed by atoms with E-state index in [1.54, 1.807) is 12.4 Å². The predicted octanol–water partition coefficient (Wildman–Crippen LogP) is 2.86. The van der Waals surface area contributed by atoms with Gasteiger partial charge in [0.2, 0.25) is 5.28 Å². The number of rotatable bonds is 5. The van der Waals surface area contributed by atoms with Gasteiger partial charge in [0, 0.05) is 17.3 Å². The molecular weight excluding hydrogens is 272 g/mol. The monoisotopic (exact) mass is 282 g/mol. The minimum absolute atomic E-state index is 0.132. The first-order valence-corrected chi connectivity index (χ1v) is 6.59. The lowest BCUT2D eigenvalue weighted by atomic mass is 10.5. The number of aromatic nitrogens is 4. The molecule has 0 unspecified atom stereocenters. The zero-order chi connectivity index (χ0) is 12.8. The van der Waals surface area contributed by atoms with Crippen LogP contribution in [0.2, 0.25) is 5.28 Å². The molecule has 0 fully saturated rings. The summed E-state index contributed by atoms with van der Waals surface area (Å²) in [6.45, 7) is 2.56. The molecule has 94 valence electrons. The normalized spacial score (nSPS) is 10.3. The van der Waals surface area contributed by atoms with Crippen LogP contribution in [0, 0.1) is 0 Å². The van der Waals surface area contributed by atoms with Gasteiger partial charge < -0.3 is 4.74 Å². The molecule has 0 saturated heterocycles. The van der Waals surface area contributed by atoms with E-state index in [-0.39, 0.29) is 11.3 Å². The van der Waals surface area contributed by atoms with Gasteiger partial charge in [-0.2, -0.15) is 15.0 Å². The Morgan fingerprint density at radius 3 is 2.72 bits per heavy atom. The molecule has 0 aliphatic carbocycles. The van der Waals surface area contributed by atoms with Gasteiger partial charge in [0.15, 0.2) is 5.16 Å². The Morgan fingerprint density at radius 2 is 2.00 bits per heavy atom. The fraction of sp³-hybridized carbons (Fsp3) is 0.273. The molecule has 0 radical (unpaired) electrons. The molecule has 2 heterocycles. The van der Waals surface area contributed by atoms with Crippen LogP contribution in [0.4, 0.5) is 0 Å². The van der Waals surface area contributed by atoms with Crippen LogP contribution in [0.5, 0.6) is 6.01 Å². The molecule has 2 aromatic rings. The predicted molar refractivity (Wildman–Crippen MR) is 69.0 cm³/mol. The van der Waals surface area contributed by atoms with Crippen molar-refractivity contribution >= 4 is 23.4 Å². The third-order valence-corrected chi connectivity index (χ3v) is 2.90. The minimum Gasteiger partial charge on any atom is -0.463 e. The quantitative estimate of drug-likeness (QED) is 0.840. The van der Waals surface area contributed by atoms with Crippen LogP contribution in [0.15, 0.2) is 34.6 Å². The van der Waals surface area contributed by atoms with Gasteiger partial charge in [-0.05, 0) is 41.9 Å². The van der Waals surface area contributed by atoms with Crippen molar-refractivity contribution in [1.82, 2.24) is 19.9 Å². The van der Waals surface area contributed by atoms with Crippen molar-refractivity contribution in [3.8, 4) is 6.01 Å². The summed E-state index contributed by atoms with van der Waals surface area (Å²) < 4.78 is 5.34. The Labute approximate surface area is 114 Å². The highest BCUT2D eigenvalue weighted by Gasteiger charge is 2.07. The standard InChI is InChI=1S/C11H11ClN4OS/c1-2-7-17-10-14-9(12)15-11(16-10)18-8-3-5-13-6-4-8/h3-6H,2,7H2,1H3. The van der Waals surface area contributed by atoms with Gasteiger partial charge in [-0.25, -0.2) is 0 Å². The molecule has 0 bridgehead atoms. The number of pyridine rings is 1. The summed E-state index contributed by atoms with van der Waals surface area (Å²) >= 11 is 7.21. The zero-order valence-corrected chi connectivity index (χ0v) is 11.3. The van der Waals surface area contributed by atoms with E-state index in [4.69, 9.17) is 16.3 Å². The van der Waals surface area contributed by atoms with Crippen molar-refractivity contribution in [3.05, 3.63) is 29.8 Å². The van der Waals surface area contributed by atoms with Gasteiger partial charge in [0.05, 0.1) is 6.61 Å². The van der Waals surface area contributed by atoms with E-state index in [1.807, 2.05) is 19.1 Å². The Morgan fingerprint density at radius 1 is 1.22 bits per heavy atom. The van der Waals surface area contributed by atoms with Gasteiger partial charge in [-0.15, -0.1) is 0 Å². The Kier molecular flexibility index (Phi) is 4.72. The summed E-state index contributed by atoms with van der Waals surface area (Å²) in [5, 5.41) is 0.639. The summed E-state index contributed by atoms with van der Waals surface area (Å²) in [5.41, 5.74) is 0. The van der Waals surface area contributed by atoms with E-state index in [9.17, 15) is 0 Å². The number of hydrogen-bond donors (Lipinski definition) is 0. The molecule has 2 aromatic heterocycles. The third-order valence-electron chi connectivity index (χ3n) is 1.86. The fourth-order valence-corrected chi connectivity index (χ4v) is 2.06. The van der Waals surface area contributed by atoms with E-state index in [0.717, 1.165) is 11.3 Å². The van der Waals surface area contributed by atoms with E-state index in [2.05, 4.69) is 19.9 Å². The maximum atomic E-state index is 5.83. The number of hydrogen-bond acceptors (Lipinski definition) is 6. The van der Waals surface area contributed by atoms with Crippen molar-refractivity contribution in [2.45, 2.75) is 23.4 Å². The second-order valence-electron chi connectivity index (χ2n) is 3.30. The van der Waals surface area contributed by atoms with Crippen molar-refractivity contribution in [1.29, 1.82) is 0 Å². The molecule has 0 saturated carbocycles. The molecule has 7 heteroatoms. The smallest absolute Gasteiger partial charge is 0.321 e. The lowest BCUT2D eigenvalue weighted by Crippen LogP contribution is -2.02. The summed E-state index contributed by atoms with van der Waals surface area (Å²) in [6, 6.07) is 4.00. The van der Waals surface area contributed by atoms with Crippen molar-refractivity contribution in [2.24, 2.45) is 0 Å². The van der Waals surface area contributed by atoms with Gasteiger partial charge in [0.25, 0.3) is 0 Å². The average molecular weight is 283 g/mol. The summed E-state index contributed by atoms with van der Waals surface area (Å²) in [5.74, 6) is 0. The molecule has 5 nitrogen and oxygen atoms in total. The van der Waals surface area contributed by atoms with Crippen LogP contribution in [0.1, 0.15) is 13.3 Å². The second-order valence-corrected chi connectivity index (χ2v) is 4.68. The Balaban J connectivity index is 2.15. The average Bonchev–Trinajstić information content (AvgIpc) is 2.37. The van der Waals surface area contributed by atoms with Crippen LogP contribution in [-0.4, -0.2) is 26.5 Å². The van der Waals surface area contributed by atoms with Gasteiger partial charge in [-0.1, -0.05) is 6.92 Å². The molecule has 0 atom stereocenters.